The summed E-state index contributed by atoms with van der Waals surface area (Å²) in [6.45, 7) is 0. The minimum absolute atomic E-state index is 0.0163. The van der Waals surface area contributed by atoms with Crippen LogP contribution in [0.1, 0.15) is 11.0 Å². The van der Waals surface area contributed by atoms with Gasteiger partial charge in [-0.25, -0.2) is 4.98 Å². The summed E-state index contributed by atoms with van der Waals surface area (Å²) in [5.41, 5.74) is 11.4. The zero-order valence-corrected chi connectivity index (χ0v) is 37.3. The maximum Gasteiger partial charge on any atom is 0.140 e. The summed E-state index contributed by atoms with van der Waals surface area (Å²) in [4.78, 5) is 5.63. The number of fused-ring (bicyclic) bond motifs is 12. The Morgan fingerprint density at radius 2 is 0.729 bits per heavy atom. The predicted molar refractivity (Wildman–Crippen MR) is 292 cm³/mol. The molecule has 0 saturated carbocycles. The number of rotatable bonds is 6. The van der Waals surface area contributed by atoms with Gasteiger partial charge in [-0.05, 0) is 83.9 Å². The molecule has 5 heteroatoms. The zero-order valence-electron chi connectivity index (χ0n) is 45.3. The van der Waals surface area contributed by atoms with E-state index < -0.39 is 48.3 Å². The normalized spacial score (nSPS) is 13.6. The van der Waals surface area contributed by atoms with Crippen LogP contribution in [0, 0.1) is 0 Å². The van der Waals surface area contributed by atoms with Crippen molar-refractivity contribution in [2.75, 3.05) is 0 Å². The van der Waals surface area contributed by atoms with Crippen LogP contribution in [-0.2, 0) is 0 Å². The fourth-order valence-electron chi connectivity index (χ4n) is 11.1. The number of hydrogen-bond acceptors (Lipinski definition) is 1. The van der Waals surface area contributed by atoms with Crippen molar-refractivity contribution in [2.24, 2.45) is 0 Å². The van der Waals surface area contributed by atoms with Crippen LogP contribution in [0.2, 0.25) is 0 Å². The first-order chi connectivity index (χ1) is 38.1. The molecule has 0 saturated heterocycles. The van der Waals surface area contributed by atoms with E-state index in [2.05, 4.69) is 159 Å². The largest absolute Gasteiger partial charge is 0.309 e. The molecule has 5 heterocycles. The Bertz CT molecular complexity index is 4850. The van der Waals surface area contributed by atoms with Crippen LogP contribution in [-0.4, -0.2) is 23.3 Å². The van der Waals surface area contributed by atoms with Crippen LogP contribution >= 0.6 is 0 Å². The maximum atomic E-state index is 9.54. The standard InChI is InChI=1S/C65H41N5/c1-9-27-55-46(18-1)47-19-2-10-28-56(47)67(55)43-38-36-42(37-39-43)45-26-17-35-63(69-59-31-13-5-22-50(59)51-23-6-14-32-60(51)69)65(45)54-40-44(68-57-29-11-3-20-48(57)49-21-4-12-30-58(49)68)41-64(66-54)70-61-33-15-7-24-52(61)53-25-8-16-34-62(53)70/h1-41H/i7D,8D,15D,16D,24D,25D,33D,34D. The summed E-state index contributed by atoms with van der Waals surface area (Å²) >= 11 is 0. The monoisotopic (exact) mass is 899 g/mol. The van der Waals surface area contributed by atoms with Crippen molar-refractivity contribution in [1.82, 2.24) is 23.3 Å². The molecular weight excluding hydrogens is 851 g/mol. The van der Waals surface area contributed by atoms with Crippen LogP contribution in [0.25, 0.3) is 132 Å². The first kappa shape index (κ1) is 31.5. The minimum Gasteiger partial charge on any atom is -0.309 e. The highest BCUT2D eigenvalue weighted by molar-refractivity contribution is 6.13. The van der Waals surface area contributed by atoms with Crippen molar-refractivity contribution in [3.8, 4) is 45.3 Å². The molecule has 326 valence electrons. The van der Waals surface area contributed by atoms with Gasteiger partial charge in [-0.2, -0.15) is 0 Å². The molecule has 5 nitrogen and oxygen atoms in total. The number of benzene rings is 10. The highest BCUT2D eigenvalue weighted by Gasteiger charge is 2.24. The van der Waals surface area contributed by atoms with Gasteiger partial charge in [-0.1, -0.05) is 170 Å². The van der Waals surface area contributed by atoms with E-state index in [0.717, 1.165) is 93.5 Å². The lowest BCUT2D eigenvalue weighted by Crippen LogP contribution is -2.06. The second-order valence-electron chi connectivity index (χ2n) is 17.7. The van der Waals surface area contributed by atoms with E-state index in [4.69, 9.17) is 10.5 Å². The molecule has 0 aliphatic rings. The van der Waals surface area contributed by atoms with Gasteiger partial charge in [0, 0.05) is 60.4 Å². The van der Waals surface area contributed by atoms with E-state index in [1.807, 2.05) is 54.6 Å². The van der Waals surface area contributed by atoms with Crippen molar-refractivity contribution in [3.63, 3.8) is 0 Å². The quantitative estimate of drug-likeness (QED) is 0.164. The Balaban J connectivity index is 1.10. The van der Waals surface area contributed by atoms with Crippen LogP contribution in [0.4, 0.5) is 0 Å². The van der Waals surface area contributed by atoms with Gasteiger partial charge in [0.1, 0.15) is 5.82 Å². The molecule has 0 atom stereocenters. The van der Waals surface area contributed by atoms with E-state index in [1.54, 1.807) is 0 Å². The number of pyridine rings is 1. The fourth-order valence-corrected chi connectivity index (χ4v) is 11.1. The van der Waals surface area contributed by atoms with Crippen molar-refractivity contribution in [2.45, 2.75) is 0 Å². The van der Waals surface area contributed by atoms with Gasteiger partial charge in [0.2, 0.25) is 0 Å². The van der Waals surface area contributed by atoms with Crippen molar-refractivity contribution < 1.29 is 11.0 Å². The van der Waals surface area contributed by atoms with Gasteiger partial charge in [-0.15, -0.1) is 0 Å². The van der Waals surface area contributed by atoms with Gasteiger partial charge < -0.3 is 13.7 Å². The summed E-state index contributed by atoms with van der Waals surface area (Å²) in [5.74, 6) is 0.184. The number of hydrogen-bond donors (Lipinski definition) is 0. The van der Waals surface area contributed by atoms with Crippen molar-refractivity contribution >= 4 is 87.2 Å². The van der Waals surface area contributed by atoms with Crippen LogP contribution in [0.15, 0.2) is 249 Å². The topological polar surface area (TPSA) is 32.6 Å². The Labute approximate surface area is 413 Å². The molecule has 0 spiro atoms. The van der Waals surface area contributed by atoms with Gasteiger partial charge in [0.15, 0.2) is 0 Å². The molecule has 0 amide bonds. The Morgan fingerprint density at radius 1 is 0.314 bits per heavy atom. The Kier molecular flexibility index (Phi) is 6.76. The zero-order chi connectivity index (χ0) is 52.8. The molecule has 0 radical (unpaired) electrons. The number of nitrogens with zero attached hydrogens (tertiary/aromatic N) is 5. The maximum absolute atomic E-state index is 9.54. The summed E-state index contributed by atoms with van der Waals surface area (Å²) in [7, 11) is 0. The molecule has 0 N–H and O–H groups in total. The number of para-hydroxylation sites is 8. The lowest BCUT2D eigenvalue weighted by molar-refractivity contribution is 1.06. The van der Waals surface area contributed by atoms with E-state index >= 15 is 0 Å². The Morgan fingerprint density at radius 3 is 1.20 bits per heavy atom. The molecule has 10 aromatic carbocycles. The van der Waals surface area contributed by atoms with Crippen LogP contribution in [0.5, 0.6) is 0 Å². The van der Waals surface area contributed by atoms with E-state index in [0.29, 0.717) is 11.4 Å². The SMILES string of the molecule is [2H]c1c([2H])c([2H])c2c(c1[2H])c1c([2H])c([2H])c([2H])c([2H])c1n2-c1cc(-n2c3ccccc3c3ccccc32)cc(-c2c(-c3ccc(-n4c5ccccc5c5ccccc54)cc3)cccc2-n2c3ccccc3c3ccccc32)n1. The third-order valence-electron chi connectivity index (χ3n) is 14.0. The molecule has 70 heavy (non-hydrogen) atoms. The Hall–Kier alpha value is -9.45. The van der Waals surface area contributed by atoms with E-state index in [-0.39, 0.29) is 27.6 Å². The molecule has 0 unspecified atom stereocenters. The van der Waals surface area contributed by atoms with Crippen molar-refractivity contribution in [3.05, 3.63) is 249 Å². The summed E-state index contributed by atoms with van der Waals surface area (Å²) < 4.78 is 81.6. The second kappa shape index (κ2) is 15.0. The predicted octanol–water partition coefficient (Wildman–Crippen LogP) is 16.8. The summed E-state index contributed by atoms with van der Waals surface area (Å²) in [6, 6.07) is 65.0. The van der Waals surface area contributed by atoms with E-state index in [1.165, 1.54) is 4.57 Å². The second-order valence-corrected chi connectivity index (χ2v) is 17.7. The highest BCUT2D eigenvalue weighted by atomic mass is 15.1. The third kappa shape index (κ3) is 5.57. The summed E-state index contributed by atoms with van der Waals surface area (Å²) in [6.07, 6.45) is 0. The van der Waals surface area contributed by atoms with E-state index in [9.17, 15) is 5.48 Å². The first-order valence-corrected chi connectivity index (χ1v) is 23.3. The lowest BCUT2D eigenvalue weighted by Gasteiger charge is -2.20. The molecule has 0 aliphatic carbocycles. The van der Waals surface area contributed by atoms with Crippen LogP contribution in [0.3, 0.4) is 0 Å². The highest BCUT2D eigenvalue weighted by Crippen LogP contribution is 2.44. The van der Waals surface area contributed by atoms with Crippen LogP contribution < -0.4 is 0 Å². The third-order valence-corrected chi connectivity index (χ3v) is 14.0. The van der Waals surface area contributed by atoms with Gasteiger partial charge in [-0.3, -0.25) is 4.57 Å². The molecule has 15 aromatic rings. The molecule has 5 aromatic heterocycles. The average molecular weight is 900 g/mol. The minimum atomic E-state index is -0.513. The molecule has 0 aliphatic heterocycles. The lowest BCUT2D eigenvalue weighted by atomic mass is 9.94. The average Bonchev–Trinajstić information content (AvgIpc) is 4.12. The molecule has 0 bridgehead atoms. The van der Waals surface area contributed by atoms with Gasteiger partial charge >= 0.3 is 0 Å². The molecular formula is C65H41N5. The molecule has 15 rings (SSSR count). The number of aromatic nitrogens is 5. The molecule has 0 fully saturated rings. The fraction of sp³-hybridized carbons (Fsp3) is 0. The summed E-state index contributed by atoms with van der Waals surface area (Å²) in [5, 5.41) is 6.45. The van der Waals surface area contributed by atoms with Crippen molar-refractivity contribution in [1.29, 1.82) is 0 Å². The van der Waals surface area contributed by atoms with Gasteiger partial charge in [0.25, 0.3) is 0 Å². The smallest absolute Gasteiger partial charge is 0.140 e. The van der Waals surface area contributed by atoms with Gasteiger partial charge in [0.05, 0.1) is 72.2 Å². The first-order valence-electron chi connectivity index (χ1n) is 27.3.